The number of ketones is 1. The molecule has 4 nitrogen and oxygen atoms in total. The zero-order chi connectivity index (χ0) is 17.5. The number of carbonyl (C=O) groups is 1. The van der Waals surface area contributed by atoms with E-state index in [0.717, 1.165) is 6.54 Å². The lowest BCUT2D eigenvalue weighted by atomic mass is 10.1. The molecule has 0 aliphatic carbocycles. The van der Waals surface area contributed by atoms with E-state index in [4.69, 9.17) is 4.74 Å². The number of likely N-dealkylation sites (N-methyl/N-ethyl adjacent to an activating group) is 1. The zero-order valence-electron chi connectivity index (χ0n) is 14.5. The van der Waals surface area contributed by atoms with Crippen molar-refractivity contribution in [2.24, 2.45) is 0 Å². The SMILES string of the molecule is CC(=O)c1ccc(OCC(O)CN(C)Cc2ccc(C)cc2)cc1. The van der Waals surface area contributed by atoms with Crippen molar-refractivity contribution in [3.05, 3.63) is 65.2 Å². The van der Waals surface area contributed by atoms with Gasteiger partial charge in [0.15, 0.2) is 5.78 Å². The Hall–Kier alpha value is -2.17. The first-order valence-electron chi connectivity index (χ1n) is 8.10. The number of aliphatic hydroxyl groups excluding tert-OH is 1. The van der Waals surface area contributed by atoms with Crippen molar-refractivity contribution in [2.45, 2.75) is 26.5 Å². The van der Waals surface area contributed by atoms with Crippen molar-refractivity contribution in [1.29, 1.82) is 0 Å². The number of aryl methyl sites for hydroxylation is 1. The Bertz CT molecular complexity index is 650. The van der Waals surface area contributed by atoms with Crippen LogP contribution in [0.25, 0.3) is 0 Å². The Morgan fingerprint density at radius 2 is 1.75 bits per heavy atom. The summed E-state index contributed by atoms with van der Waals surface area (Å²) in [6.07, 6.45) is -0.576. The molecular formula is C20H25NO3. The normalized spacial score (nSPS) is 12.2. The summed E-state index contributed by atoms with van der Waals surface area (Å²) in [4.78, 5) is 13.3. The van der Waals surface area contributed by atoms with E-state index in [9.17, 15) is 9.90 Å². The summed E-state index contributed by atoms with van der Waals surface area (Å²) in [7, 11) is 1.98. The van der Waals surface area contributed by atoms with E-state index in [1.54, 1.807) is 24.3 Å². The topological polar surface area (TPSA) is 49.8 Å². The van der Waals surface area contributed by atoms with Crippen LogP contribution in [-0.4, -0.2) is 42.1 Å². The second kappa shape index (κ2) is 8.62. The fourth-order valence-electron chi connectivity index (χ4n) is 2.46. The Balaban J connectivity index is 1.76. The quantitative estimate of drug-likeness (QED) is 0.757. The first-order valence-corrected chi connectivity index (χ1v) is 8.10. The van der Waals surface area contributed by atoms with Crippen LogP contribution in [0.3, 0.4) is 0 Å². The molecule has 0 heterocycles. The molecule has 128 valence electrons. The highest BCUT2D eigenvalue weighted by atomic mass is 16.5. The highest BCUT2D eigenvalue weighted by Gasteiger charge is 2.10. The second-order valence-electron chi connectivity index (χ2n) is 6.23. The van der Waals surface area contributed by atoms with Crippen LogP contribution >= 0.6 is 0 Å². The van der Waals surface area contributed by atoms with Gasteiger partial charge in [-0.3, -0.25) is 9.69 Å². The average Bonchev–Trinajstić information content (AvgIpc) is 2.55. The third-order valence-corrected chi connectivity index (χ3v) is 3.80. The number of Topliss-reactive ketones (excluding diaryl/α,β-unsaturated/α-hetero) is 1. The maximum Gasteiger partial charge on any atom is 0.159 e. The van der Waals surface area contributed by atoms with E-state index >= 15 is 0 Å². The molecule has 0 aliphatic heterocycles. The third kappa shape index (κ3) is 5.80. The monoisotopic (exact) mass is 327 g/mol. The van der Waals surface area contributed by atoms with Crippen LogP contribution in [0.15, 0.2) is 48.5 Å². The molecule has 0 spiro atoms. The largest absolute Gasteiger partial charge is 0.491 e. The minimum Gasteiger partial charge on any atom is -0.491 e. The van der Waals surface area contributed by atoms with Gasteiger partial charge in [0.25, 0.3) is 0 Å². The number of hydrogen-bond donors (Lipinski definition) is 1. The molecule has 0 aromatic heterocycles. The lowest BCUT2D eigenvalue weighted by Gasteiger charge is -2.21. The summed E-state index contributed by atoms with van der Waals surface area (Å²) in [5.74, 6) is 0.680. The molecule has 4 heteroatoms. The Morgan fingerprint density at radius 3 is 2.33 bits per heavy atom. The predicted molar refractivity (Wildman–Crippen MR) is 95.5 cm³/mol. The number of aliphatic hydroxyl groups is 1. The predicted octanol–water partition coefficient (Wildman–Crippen LogP) is 3.07. The lowest BCUT2D eigenvalue weighted by Crippen LogP contribution is -2.32. The molecule has 1 unspecified atom stereocenters. The Morgan fingerprint density at radius 1 is 1.12 bits per heavy atom. The molecule has 0 saturated carbocycles. The van der Waals surface area contributed by atoms with Gasteiger partial charge in [-0.1, -0.05) is 29.8 Å². The van der Waals surface area contributed by atoms with E-state index in [-0.39, 0.29) is 12.4 Å². The van der Waals surface area contributed by atoms with Gasteiger partial charge in [-0.15, -0.1) is 0 Å². The van der Waals surface area contributed by atoms with Crippen molar-refractivity contribution in [3.63, 3.8) is 0 Å². The molecule has 0 radical (unpaired) electrons. The fraction of sp³-hybridized carbons (Fsp3) is 0.350. The van der Waals surface area contributed by atoms with E-state index in [2.05, 4.69) is 36.1 Å². The molecular weight excluding hydrogens is 302 g/mol. The number of ether oxygens (including phenoxy) is 1. The highest BCUT2D eigenvalue weighted by molar-refractivity contribution is 5.94. The standard InChI is InChI=1S/C20H25NO3/c1-15-4-6-17(7-5-15)12-21(3)13-19(23)14-24-20-10-8-18(9-11-20)16(2)22/h4-11,19,23H,12-14H2,1-3H3. The van der Waals surface area contributed by atoms with Gasteiger partial charge in [0, 0.05) is 18.7 Å². The van der Waals surface area contributed by atoms with Crippen molar-refractivity contribution in [1.82, 2.24) is 4.90 Å². The molecule has 0 amide bonds. The number of carbonyl (C=O) groups excluding carboxylic acids is 1. The van der Waals surface area contributed by atoms with Gasteiger partial charge in [0.2, 0.25) is 0 Å². The molecule has 2 aromatic rings. The minimum atomic E-state index is -0.576. The average molecular weight is 327 g/mol. The van der Waals surface area contributed by atoms with Gasteiger partial charge in [-0.2, -0.15) is 0 Å². The summed E-state index contributed by atoms with van der Waals surface area (Å²) < 4.78 is 5.58. The van der Waals surface area contributed by atoms with Crippen molar-refractivity contribution in [2.75, 3.05) is 20.2 Å². The van der Waals surface area contributed by atoms with Gasteiger partial charge in [0.05, 0.1) is 0 Å². The Kier molecular flexibility index (Phi) is 6.53. The van der Waals surface area contributed by atoms with E-state index in [0.29, 0.717) is 17.9 Å². The molecule has 0 saturated heterocycles. The fourth-order valence-corrected chi connectivity index (χ4v) is 2.46. The van der Waals surface area contributed by atoms with Crippen LogP contribution in [0.2, 0.25) is 0 Å². The summed E-state index contributed by atoms with van der Waals surface area (Å²) in [5, 5.41) is 10.1. The zero-order valence-corrected chi connectivity index (χ0v) is 14.5. The van der Waals surface area contributed by atoms with Crippen molar-refractivity contribution >= 4 is 5.78 Å². The van der Waals surface area contributed by atoms with Crippen molar-refractivity contribution < 1.29 is 14.6 Å². The molecule has 0 aliphatic rings. The van der Waals surface area contributed by atoms with Gasteiger partial charge < -0.3 is 9.84 Å². The maximum atomic E-state index is 11.2. The van der Waals surface area contributed by atoms with Crippen molar-refractivity contribution in [3.8, 4) is 5.75 Å². The van der Waals surface area contributed by atoms with E-state index in [1.807, 2.05) is 7.05 Å². The molecule has 1 atom stereocenters. The van der Waals surface area contributed by atoms with Crippen LogP contribution in [0.4, 0.5) is 0 Å². The van der Waals surface area contributed by atoms with Crippen LogP contribution in [0.5, 0.6) is 5.75 Å². The molecule has 1 N–H and O–H groups in total. The smallest absolute Gasteiger partial charge is 0.159 e. The highest BCUT2D eigenvalue weighted by Crippen LogP contribution is 2.13. The minimum absolute atomic E-state index is 0.0271. The number of hydrogen-bond acceptors (Lipinski definition) is 4. The van der Waals surface area contributed by atoms with Crippen LogP contribution in [0.1, 0.15) is 28.4 Å². The summed E-state index contributed by atoms with van der Waals surface area (Å²) >= 11 is 0. The molecule has 2 rings (SSSR count). The summed E-state index contributed by atoms with van der Waals surface area (Å²) in [6.45, 7) is 5.13. The first-order chi connectivity index (χ1) is 11.4. The molecule has 0 bridgehead atoms. The van der Waals surface area contributed by atoms with E-state index < -0.39 is 6.10 Å². The Labute approximate surface area is 143 Å². The summed E-state index contributed by atoms with van der Waals surface area (Å²) in [5.41, 5.74) is 3.11. The van der Waals surface area contributed by atoms with Gasteiger partial charge in [-0.25, -0.2) is 0 Å². The van der Waals surface area contributed by atoms with Crippen LogP contribution < -0.4 is 4.74 Å². The first kappa shape index (κ1) is 18.2. The summed E-state index contributed by atoms with van der Waals surface area (Å²) in [6, 6.07) is 15.3. The molecule has 2 aromatic carbocycles. The lowest BCUT2D eigenvalue weighted by molar-refractivity contribution is 0.0743. The van der Waals surface area contributed by atoms with E-state index in [1.165, 1.54) is 18.1 Å². The molecule has 24 heavy (non-hydrogen) atoms. The second-order valence-corrected chi connectivity index (χ2v) is 6.23. The van der Waals surface area contributed by atoms with Crippen LogP contribution in [0, 0.1) is 6.92 Å². The number of benzene rings is 2. The maximum absolute atomic E-state index is 11.2. The van der Waals surface area contributed by atoms with Crippen LogP contribution in [-0.2, 0) is 6.54 Å². The van der Waals surface area contributed by atoms with Gasteiger partial charge >= 0.3 is 0 Å². The number of rotatable bonds is 8. The third-order valence-electron chi connectivity index (χ3n) is 3.80. The van der Waals surface area contributed by atoms with Gasteiger partial charge in [0.1, 0.15) is 18.5 Å². The van der Waals surface area contributed by atoms with Gasteiger partial charge in [-0.05, 0) is 50.7 Å². The molecule has 0 fully saturated rings. The number of nitrogens with zero attached hydrogens (tertiary/aromatic N) is 1.